The molecular weight excluding hydrogens is 276 g/mol. The van der Waals surface area contributed by atoms with Gasteiger partial charge in [-0.2, -0.15) is 0 Å². The van der Waals surface area contributed by atoms with Crippen LogP contribution < -0.4 is 0 Å². The molecular formula is C19H36O3. The molecule has 3 nitrogen and oxygen atoms in total. The van der Waals surface area contributed by atoms with Crippen molar-refractivity contribution in [3.8, 4) is 0 Å². The molecule has 0 radical (unpaired) electrons. The first-order valence-corrected chi connectivity index (χ1v) is 8.97. The van der Waals surface area contributed by atoms with Crippen molar-refractivity contribution in [3.05, 3.63) is 0 Å². The molecule has 0 saturated carbocycles. The molecule has 0 aliphatic carbocycles. The van der Waals surface area contributed by atoms with Gasteiger partial charge in [-0.15, -0.1) is 0 Å². The minimum atomic E-state index is -0.290. The van der Waals surface area contributed by atoms with E-state index >= 15 is 0 Å². The Morgan fingerprint density at radius 2 is 1.73 bits per heavy atom. The molecule has 0 heterocycles. The molecule has 5 atom stereocenters. The summed E-state index contributed by atoms with van der Waals surface area (Å²) in [7, 11) is 0. The highest BCUT2D eigenvalue weighted by Crippen LogP contribution is 2.22. The zero-order chi connectivity index (χ0) is 17.1. The Kier molecular flexibility index (Phi) is 11.4. The van der Waals surface area contributed by atoms with E-state index in [4.69, 9.17) is 0 Å². The Balaban J connectivity index is 3.96. The van der Waals surface area contributed by atoms with E-state index in [1.165, 1.54) is 0 Å². The van der Waals surface area contributed by atoms with Gasteiger partial charge in [-0.1, -0.05) is 47.5 Å². The predicted octanol–water partition coefficient (Wildman–Crippen LogP) is 4.41. The second kappa shape index (κ2) is 11.8. The third kappa shape index (κ3) is 9.34. The zero-order valence-electron chi connectivity index (χ0n) is 15.2. The summed E-state index contributed by atoms with van der Waals surface area (Å²) in [6.45, 7) is 10.2. The van der Waals surface area contributed by atoms with Crippen molar-refractivity contribution in [1.82, 2.24) is 0 Å². The smallest absolute Gasteiger partial charge is 0.135 e. The Labute approximate surface area is 136 Å². The molecule has 0 unspecified atom stereocenters. The number of aldehydes is 1. The summed E-state index contributed by atoms with van der Waals surface area (Å²) in [5, 5.41) is 9.75. The lowest BCUT2D eigenvalue weighted by molar-refractivity contribution is -0.123. The van der Waals surface area contributed by atoms with Gasteiger partial charge in [-0.25, -0.2) is 0 Å². The first-order valence-electron chi connectivity index (χ1n) is 8.97. The van der Waals surface area contributed by atoms with Crippen molar-refractivity contribution in [2.24, 2.45) is 23.7 Å². The number of hydrogen-bond donors (Lipinski definition) is 1. The van der Waals surface area contributed by atoms with Crippen LogP contribution in [0.4, 0.5) is 0 Å². The van der Waals surface area contributed by atoms with Crippen molar-refractivity contribution in [1.29, 1.82) is 0 Å². The first-order chi connectivity index (χ1) is 10.3. The van der Waals surface area contributed by atoms with E-state index in [2.05, 4.69) is 6.92 Å². The Hall–Kier alpha value is -0.700. The molecule has 0 aromatic carbocycles. The lowest BCUT2D eigenvalue weighted by atomic mass is 9.87. The van der Waals surface area contributed by atoms with Crippen molar-refractivity contribution >= 4 is 12.1 Å². The van der Waals surface area contributed by atoms with Crippen LogP contribution in [0.1, 0.15) is 79.6 Å². The monoisotopic (exact) mass is 312 g/mol. The number of ketones is 1. The van der Waals surface area contributed by atoms with Crippen LogP contribution in [0.2, 0.25) is 0 Å². The molecule has 0 aliphatic heterocycles. The second-order valence-electron chi connectivity index (χ2n) is 7.24. The van der Waals surface area contributed by atoms with Crippen LogP contribution in [0, 0.1) is 23.7 Å². The van der Waals surface area contributed by atoms with Crippen LogP contribution in [-0.4, -0.2) is 23.3 Å². The van der Waals surface area contributed by atoms with Gasteiger partial charge in [0.2, 0.25) is 0 Å². The van der Waals surface area contributed by atoms with E-state index in [1.807, 2.05) is 27.7 Å². The Bertz CT molecular complexity index is 314. The van der Waals surface area contributed by atoms with E-state index in [9.17, 15) is 14.7 Å². The topological polar surface area (TPSA) is 54.4 Å². The van der Waals surface area contributed by atoms with Crippen molar-refractivity contribution in [3.63, 3.8) is 0 Å². The number of hydrogen-bond acceptors (Lipinski definition) is 3. The fourth-order valence-electron chi connectivity index (χ4n) is 2.92. The zero-order valence-corrected chi connectivity index (χ0v) is 15.2. The minimum Gasteiger partial charge on any atom is -0.393 e. The molecule has 0 bridgehead atoms. The third-order valence-corrected chi connectivity index (χ3v) is 4.82. The van der Waals surface area contributed by atoms with Gasteiger partial charge in [0.25, 0.3) is 0 Å². The number of Topliss-reactive ketones (excluding diaryl/α,β-unsaturated/α-hetero) is 1. The van der Waals surface area contributed by atoms with Gasteiger partial charge >= 0.3 is 0 Å². The highest BCUT2D eigenvalue weighted by atomic mass is 16.3. The van der Waals surface area contributed by atoms with Gasteiger partial charge in [0, 0.05) is 18.3 Å². The van der Waals surface area contributed by atoms with E-state index in [-0.39, 0.29) is 23.9 Å². The van der Waals surface area contributed by atoms with Gasteiger partial charge in [0.15, 0.2) is 0 Å². The van der Waals surface area contributed by atoms with Crippen LogP contribution in [0.15, 0.2) is 0 Å². The average Bonchev–Trinajstić information content (AvgIpc) is 2.50. The summed E-state index contributed by atoms with van der Waals surface area (Å²) >= 11 is 0. The van der Waals surface area contributed by atoms with Crippen LogP contribution >= 0.6 is 0 Å². The van der Waals surface area contributed by atoms with Gasteiger partial charge in [0.05, 0.1) is 6.10 Å². The van der Waals surface area contributed by atoms with Crippen molar-refractivity contribution in [2.45, 2.75) is 85.7 Å². The standard InChI is InChI=1S/C19H36O3/c1-6-18(21)16(4)10-11-19(22)17(5)12-14(2)8-7-9-15(3)13-20/h13-18,21H,6-12H2,1-5H3/t14-,15-,16-,17-,18-/m1/s1. The van der Waals surface area contributed by atoms with Crippen LogP contribution in [0.3, 0.4) is 0 Å². The summed E-state index contributed by atoms with van der Waals surface area (Å²) in [5.74, 6) is 1.30. The number of carbonyl (C=O) groups excluding carboxylic acids is 2. The number of aliphatic hydroxyl groups excluding tert-OH is 1. The number of carbonyl (C=O) groups is 2. The highest BCUT2D eigenvalue weighted by molar-refractivity contribution is 5.80. The summed E-state index contributed by atoms with van der Waals surface area (Å²) in [5.41, 5.74) is 0. The lowest BCUT2D eigenvalue weighted by Gasteiger charge is -2.19. The summed E-state index contributed by atoms with van der Waals surface area (Å²) in [6, 6.07) is 0. The third-order valence-electron chi connectivity index (χ3n) is 4.82. The van der Waals surface area contributed by atoms with Gasteiger partial charge in [0.1, 0.15) is 12.1 Å². The first kappa shape index (κ1) is 21.3. The normalized spacial score (nSPS) is 18.3. The lowest BCUT2D eigenvalue weighted by Crippen LogP contribution is -2.20. The molecule has 3 heteroatoms. The molecule has 0 aromatic heterocycles. The fraction of sp³-hybridized carbons (Fsp3) is 0.895. The number of rotatable bonds is 13. The maximum atomic E-state index is 12.2. The van der Waals surface area contributed by atoms with E-state index in [0.29, 0.717) is 18.1 Å². The van der Waals surface area contributed by atoms with E-state index in [0.717, 1.165) is 44.8 Å². The van der Waals surface area contributed by atoms with Gasteiger partial charge in [-0.3, -0.25) is 4.79 Å². The van der Waals surface area contributed by atoms with Crippen molar-refractivity contribution < 1.29 is 14.7 Å². The average molecular weight is 312 g/mol. The molecule has 0 amide bonds. The van der Waals surface area contributed by atoms with E-state index < -0.39 is 0 Å². The van der Waals surface area contributed by atoms with Gasteiger partial charge < -0.3 is 9.90 Å². The largest absolute Gasteiger partial charge is 0.393 e. The molecule has 0 rings (SSSR count). The summed E-state index contributed by atoms with van der Waals surface area (Å²) in [6.07, 6.45) is 6.85. The van der Waals surface area contributed by atoms with E-state index in [1.54, 1.807) is 0 Å². The van der Waals surface area contributed by atoms with Crippen molar-refractivity contribution in [2.75, 3.05) is 0 Å². The molecule has 22 heavy (non-hydrogen) atoms. The molecule has 0 spiro atoms. The summed E-state index contributed by atoms with van der Waals surface area (Å²) < 4.78 is 0. The SMILES string of the molecule is CC[C@@H](O)[C@H](C)CCC(=O)[C@H](C)C[C@H](C)CCC[C@@H](C)C=O. The van der Waals surface area contributed by atoms with Crippen LogP contribution in [0.5, 0.6) is 0 Å². The predicted molar refractivity (Wildman–Crippen MR) is 91.7 cm³/mol. The van der Waals surface area contributed by atoms with Crippen LogP contribution in [0.25, 0.3) is 0 Å². The Morgan fingerprint density at radius 1 is 1.09 bits per heavy atom. The quantitative estimate of drug-likeness (QED) is 0.512. The minimum absolute atomic E-state index is 0.101. The molecule has 0 aromatic rings. The van der Waals surface area contributed by atoms with Gasteiger partial charge in [-0.05, 0) is 37.5 Å². The maximum absolute atomic E-state index is 12.2. The fourth-order valence-corrected chi connectivity index (χ4v) is 2.92. The molecule has 0 saturated heterocycles. The summed E-state index contributed by atoms with van der Waals surface area (Å²) in [4.78, 5) is 22.8. The molecule has 130 valence electrons. The maximum Gasteiger partial charge on any atom is 0.135 e. The second-order valence-corrected chi connectivity index (χ2v) is 7.24. The Morgan fingerprint density at radius 3 is 2.27 bits per heavy atom. The molecule has 1 N–H and O–H groups in total. The van der Waals surface area contributed by atoms with Crippen LogP contribution in [-0.2, 0) is 9.59 Å². The molecule has 0 aliphatic rings. The molecule has 0 fully saturated rings. The highest BCUT2D eigenvalue weighted by Gasteiger charge is 2.19. The number of aliphatic hydroxyl groups is 1.